The van der Waals surface area contributed by atoms with E-state index in [-0.39, 0.29) is 0 Å². The number of isothiocyanates is 1. The SMILES string of the molecule is N=C=S=S(=O)=O. The lowest BCUT2D eigenvalue weighted by Crippen LogP contribution is -1.46. The first kappa shape index (κ1) is 5.62. The molecule has 0 aliphatic rings. The van der Waals surface area contributed by atoms with E-state index in [0.29, 0.717) is 9.91 Å². The summed E-state index contributed by atoms with van der Waals surface area (Å²) in [6, 6.07) is 0. The molecule has 0 rings (SSSR count). The number of nitrogens with one attached hydrogen (secondary N) is 1. The molecule has 0 aliphatic carbocycles. The molecule has 1 N–H and O–H groups in total. The summed E-state index contributed by atoms with van der Waals surface area (Å²) in [6.45, 7) is 0. The van der Waals surface area contributed by atoms with Crippen LogP contribution in [-0.4, -0.2) is 13.6 Å². The lowest BCUT2D eigenvalue weighted by atomic mass is 11.8. The maximum Gasteiger partial charge on any atom is 0.282 e. The second-order valence-electron chi connectivity index (χ2n) is 0.390. The summed E-state index contributed by atoms with van der Waals surface area (Å²) < 4.78 is 18.8. The average Bonchev–Trinajstić information content (AvgIpc) is 1.35. The highest BCUT2D eigenvalue weighted by Gasteiger charge is 1.44. The van der Waals surface area contributed by atoms with E-state index < -0.39 is 9.26 Å². The number of rotatable bonds is 0. The Balaban J connectivity index is 5.25. The third-order valence-corrected chi connectivity index (χ3v) is 0.987. The third kappa shape index (κ3) is 3.62. The molecule has 0 aromatic rings. The predicted molar refractivity (Wildman–Crippen MR) is 24.0 cm³/mol. The zero-order chi connectivity index (χ0) is 4.99. The Morgan fingerprint density at radius 1 is 1.67 bits per heavy atom. The van der Waals surface area contributed by atoms with Crippen molar-refractivity contribution in [2.24, 2.45) is 0 Å². The minimum absolute atomic E-state index is 0.319. The van der Waals surface area contributed by atoms with Gasteiger partial charge in [-0.15, -0.1) is 0 Å². The Morgan fingerprint density at radius 3 is 2.17 bits per heavy atom. The van der Waals surface area contributed by atoms with Gasteiger partial charge in [0.2, 0.25) is 0 Å². The summed E-state index contributed by atoms with van der Waals surface area (Å²) in [5.74, 6) is 0. The molecular formula is CHNO2S2. The second-order valence-corrected chi connectivity index (χ2v) is 2.49. The topological polar surface area (TPSA) is 58.0 Å². The molecular weight excluding hydrogens is 122 g/mol. The molecule has 0 aromatic heterocycles. The first-order valence-corrected chi connectivity index (χ1v) is 3.36. The van der Waals surface area contributed by atoms with Gasteiger partial charge in [-0.2, -0.15) is 8.42 Å². The molecule has 0 amide bonds. The molecule has 0 heterocycles. The zero-order valence-corrected chi connectivity index (χ0v) is 4.27. The van der Waals surface area contributed by atoms with Crippen molar-refractivity contribution in [3.63, 3.8) is 0 Å². The van der Waals surface area contributed by atoms with E-state index in [0.717, 1.165) is 0 Å². The number of hydrogen-bond donors (Lipinski definition) is 1. The molecule has 0 bridgehead atoms. The van der Waals surface area contributed by atoms with Gasteiger partial charge in [-0.3, -0.25) is 0 Å². The highest BCUT2D eigenvalue weighted by atomic mass is 32.8. The van der Waals surface area contributed by atoms with Crippen LogP contribution in [-0.2, 0) is 19.2 Å². The van der Waals surface area contributed by atoms with E-state index in [4.69, 9.17) is 5.41 Å². The highest BCUT2D eigenvalue weighted by molar-refractivity contribution is 8.22. The molecule has 0 fully saturated rings. The molecule has 0 radical (unpaired) electrons. The molecule has 0 spiro atoms. The predicted octanol–water partition coefficient (Wildman–Crippen LogP) is -0.653. The molecule has 0 saturated heterocycles. The van der Waals surface area contributed by atoms with Crippen molar-refractivity contribution in [1.82, 2.24) is 0 Å². The van der Waals surface area contributed by atoms with Gasteiger partial charge in [0.1, 0.15) is 0 Å². The maximum absolute atomic E-state index is 9.38. The minimum Gasteiger partial charge on any atom is -0.248 e. The van der Waals surface area contributed by atoms with Gasteiger partial charge in [-0.1, -0.05) is 0 Å². The molecule has 0 unspecified atom stereocenters. The molecule has 6 heavy (non-hydrogen) atoms. The molecule has 0 atom stereocenters. The van der Waals surface area contributed by atoms with E-state index in [1.54, 1.807) is 5.16 Å². The minimum atomic E-state index is -2.20. The van der Waals surface area contributed by atoms with Gasteiger partial charge >= 0.3 is 0 Å². The van der Waals surface area contributed by atoms with E-state index in [2.05, 4.69) is 0 Å². The monoisotopic (exact) mass is 123 g/mol. The zero-order valence-electron chi connectivity index (χ0n) is 2.63. The van der Waals surface area contributed by atoms with Crippen LogP contribution in [0.3, 0.4) is 0 Å². The van der Waals surface area contributed by atoms with Crippen LogP contribution in [0.1, 0.15) is 0 Å². The van der Waals surface area contributed by atoms with Crippen LogP contribution in [0.25, 0.3) is 0 Å². The fourth-order valence-corrected chi connectivity index (χ4v) is 0.306. The standard InChI is InChI=1S/CHNO2S2/c2-1-5-6(3)4/h2H. The summed E-state index contributed by atoms with van der Waals surface area (Å²) >= 11 is 0. The Morgan fingerprint density at radius 2 is 2.17 bits per heavy atom. The Hall–Kier alpha value is -0.380. The summed E-state index contributed by atoms with van der Waals surface area (Å²) in [5.41, 5.74) is 0. The van der Waals surface area contributed by atoms with E-state index in [1.165, 1.54) is 0 Å². The van der Waals surface area contributed by atoms with Crippen molar-refractivity contribution in [2.45, 2.75) is 0 Å². The Labute approximate surface area is 38.9 Å². The van der Waals surface area contributed by atoms with Gasteiger partial charge in [-0.25, -0.2) is 5.41 Å². The van der Waals surface area contributed by atoms with Gasteiger partial charge in [-0.05, 0) is 0 Å². The van der Waals surface area contributed by atoms with Gasteiger partial charge < -0.3 is 0 Å². The van der Waals surface area contributed by atoms with Crippen LogP contribution >= 0.6 is 0 Å². The summed E-state index contributed by atoms with van der Waals surface area (Å²) in [7, 11) is -1.88. The summed E-state index contributed by atoms with van der Waals surface area (Å²) in [4.78, 5) is 0. The molecule has 0 aromatic carbocycles. The maximum atomic E-state index is 9.38. The highest BCUT2D eigenvalue weighted by Crippen LogP contribution is 1.25. The fraction of sp³-hybridized carbons (Fsp3) is 0. The number of hydrogen-bond acceptors (Lipinski definition) is 3. The van der Waals surface area contributed by atoms with Crippen molar-refractivity contribution >= 4 is 24.3 Å². The van der Waals surface area contributed by atoms with Gasteiger partial charge in [0, 0.05) is 0 Å². The first-order valence-electron chi connectivity index (χ1n) is 0.954. The van der Waals surface area contributed by atoms with Crippen LogP contribution in [0.5, 0.6) is 0 Å². The van der Waals surface area contributed by atoms with Crippen LogP contribution in [0, 0.1) is 5.41 Å². The molecule has 0 aliphatic heterocycles. The third-order valence-electron chi connectivity index (χ3n) is 0.110. The van der Waals surface area contributed by atoms with E-state index >= 15 is 0 Å². The van der Waals surface area contributed by atoms with E-state index in [1.807, 2.05) is 0 Å². The van der Waals surface area contributed by atoms with Crippen molar-refractivity contribution in [3.8, 4) is 0 Å². The van der Waals surface area contributed by atoms with Crippen LogP contribution in [0.4, 0.5) is 0 Å². The average molecular weight is 123 g/mol. The smallest absolute Gasteiger partial charge is 0.248 e. The van der Waals surface area contributed by atoms with Gasteiger partial charge in [0.15, 0.2) is 0 Å². The van der Waals surface area contributed by atoms with E-state index in [9.17, 15) is 8.42 Å². The van der Waals surface area contributed by atoms with Crippen molar-refractivity contribution < 1.29 is 8.42 Å². The lowest BCUT2D eigenvalue weighted by molar-refractivity contribution is 0.628. The van der Waals surface area contributed by atoms with Crippen molar-refractivity contribution in [3.05, 3.63) is 0 Å². The summed E-state index contributed by atoms with van der Waals surface area (Å²) in [6.07, 6.45) is 0. The molecule has 34 valence electrons. The lowest BCUT2D eigenvalue weighted by Gasteiger charge is -1.28. The van der Waals surface area contributed by atoms with Crippen LogP contribution in [0.2, 0.25) is 0 Å². The first-order chi connectivity index (χ1) is 2.77. The van der Waals surface area contributed by atoms with Crippen molar-refractivity contribution in [2.75, 3.05) is 0 Å². The normalized spacial score (nSPS) is 6.00. The molecule has 3 nitrogen and oxygen atoms in total. The Kier molecular flexibility index (Phi) is 2.66. The van der Waals surface area contributed by atoms with Crippen LogP contribution < -0.4 is 0 Å². The Bertz CT molecular complexity index is 194. The van der Waals surface area contributed by atoms with Gasteiger partial charge in [0.25, 0.3) is 9.26 Å². The second kappa shape index (κ2) is 2.84. The van der Waals surface area contributed by atoms with Crippen LogP contribution in [0.15, 0.2) is 0 Å². The van der Waals surface area contributed by atoms with Crippen molar-refractivity contribution in [1.29, 1.82) is 5.41 Å². The summed E-state index contributed by atoms with van der Waals surface area (Å²) in [5, 5.41) is 7.67. The van der Waals surface area contributed by atoms with Gasteiger partial charge in [0.05, 0.1) is 15.1 Å². The quantitative estimate of drug-likeness (QED) is 0.343. The molecule has 5 heteroatoms. The molecule has 0 saturated carbocycles. The fourth-order valence-electron chi connectivity index (χ4n) is 0.0340. The largest absolute Gasteiger partial charge is 0.282 e.